The van der Waals surface area contributed by atoms with Gasteiger partial charge in [0.1, 0.15) is 0 Å². The Morgan fingerprint density at radius 1 is 1.10 bits per heavy atom. The first-order valence-corrected chi connectivity index (χ1v) is 6.91. The first kappa shape index (κ1) is 16.9. The van der Waals surface area contributed by atoms with Crippen molar-refractivity contribution in [2.24, 2.45) is 0 Å². The molecule has 0 aromatic heterocycles. The minimum Gasteiger partial charge on any atom is -0.398 e. The zero-order chi connectivity index (χ0) is 14.8. The Bertz CT molecular complexity index is 366. The molecule has 1 unspecified atom stereocenters. The average molecular weight is 282 g/mol. The number of hydrogen-bond donors (Lipinski definition) is 2. The topological polar surface area (TPSA) is 68.0 Å². The zero-order valence-electron chi connectivity index (χ0n) is 12.4. The quantitative estimate of drug-likeness (QED) is 0.633. The van der Waals surface area contributed by atoms with E-state index in [1.807, 2.05) is 24.3 Å². The Kier molecular flexibility index (Phi) is 8.22. The fourth-order valence-electron chi connectivity index (χ4n) is 2.05. The number of ether oxygens (including phenoxy) is 2. The molecule has 0 radical (unpaired) electrons. The number of aliphatic hydroxyl groups excluding tert-OH is 1. The molecule has 0 aliphatic rings. The number of nitrogen functional groups attached to an aromatic ring is 1. The molecule has 0 fully saturated rings. The normalized spacial score (nSPS) is 12.8. The van der Waals surface area contributed by atoms with E-state index in [1.165, 1.54) is 0 Å². The van der Waals surface area contributed by atoms with Crippen LogP contribution in [0.4, 0.5) is 5.69 Å². The highest BCUT2D eigenvalue weighted by Crippen LogP contribution is 2.22. The maximum Gasteiger partial charge on any atom is 0.0822 e. The van der Waals surface area contributed by atoms with Gasteiger partial charge in [0.25, 0.3) is 0 Å². The Hall–Kier alpha value is -1.14. The molecule has 5 heteroatoms. The van der Waals surface area contributed by atoms with Crippen molar-refractivity contribution in [2.45, 2.75) is 12.5 Å². The molecule has 0 amide bonds. The molecule has 1 atom stereocenters. The number of para-hydroxylation sites is 1. The molecule has 1 rings (SSSR count). The molecule has 114 valence electrons. The summed E-state index contributed by atoms with van der Waals surface area (Å²) in [5, 5.41) is 10.2. The van der Waals surface area contributed by atoms with E-state index in [4.69, 9.17) is 15.2 Å². The van der Waals surface area contributed by atoms with Crippen LogP contribution in [0.25, 0.3) is 0 Å². The second-order valence-corrected chi connectivity index (χ2v) is 4.76. The number of anilines is 1. The number of nitrogens with two attached hydrogens (primary N) is 1. The average Bonchev–Trinajstić information content (AvgIpc) is 2.46. The van der Waals surface area contributed by atoms with E-state index in [9.17, 15) is 5.11 Å². The largest absolute Gasteiger partial charge is 0.398 e. The number of methoxy groups -OCH3 is 2. The van der Waals surface area contributed by atoms with Gasteiger partial charge in [-0.15, -0.1) is 0 Å². The van der Waals surface area contributed by atoms with E-state index < -0.39 is 6.10 Å². The van der Waals surface area contributed by atoms with Gasteiger partial charge in [-0.1, -0.05) is 18.2 Å². The van der Waals surface area contributed by atoms with Crippen molar-refractivity contribution in [3.8, 4) is 0 Å². The predicted molar refractivity (Wildman–Crippen MR) is 80.6 cm³/mol. The van der Waals surface area contributed by atoms with Gasteiger partial charge < -0.3 is 20.3 Å². The minimum atomic E-state index is -0.538. The molecule has 3 N–H and O–H groups in total. The minimum absolute atomic E-state index is 0.538. The number of hydrogen-bond acceptors (Lipinski definition) is 5. The van der Waals surface area contributed by atoms with Crippen LogP contribution >= 0.6 is 0 Å². The lowest BCUT2D eigenvalue weighted by Gasteiger charge is -2.23. The summed E-state index contributed by atoms with van der Waals surface area (Å²) in [5.41, 5.74) is 7.31. The maximum absolute atomic E-state index is 10.2. The lowest BCUT2D eigenvalue weighted by atomic mass is 10.0. The molecule has 0 aliphatic carbocycles. The third kappa shape index (κ3) is 5.88. The van der Waals surface area contributed by atoms with Crippen molar-refractivity contribution in [1.82, 2.24) is 4.90 Å². The maximum atomic E-state index is 10.2. The number of rotatable bonds is 10. The number of aliphatic hydroxyl groups is 1. The Balaban J connectivity index is 2.46. The highest BCUT2D eigenvalue weighted by molar-refractivity contribution is 5.47. The molecule has 0 saturated heterocycles. The van der Waals surface area contributed by atoms with Gasteiger partial charge in [-0.3, -0.25) is 4.90 Å². The fraction of sp³-hybridized carbons (Fsp3) is 0.600. The van der Waals surface area contributed by atoms with Gasteiger partial charge in [0.05, 0.1) is 19.3 Å². The van der Waals surface area contributed by atoms with Gasteiger partial charge in [0.15, 0.2) is 0 Å². The Morgan fingerprint density at radius 2 is 1.70 bits per heavy atom. The van der Waals surface area contributed by atoms with Crippen LogP contribution in [0.2, 0.25) is 0 Å². The first-order valence-electron chi connectivity index (χ1n) is 6.91. The molecular formula is C15H26N2O3. The van der Waals surface area contributed by atoms with Crippen molar-refractivity contribution in [2.75, 3.05) is 52.8 Å². The molecule has 0 bridgehead atoms. The highest BCUT2D eigenvalue weighted by Gasteiger charge is 2.13. The van der Waals surface area contributed by atoms with Crippen LogP contribution in [0, 0.1) is 0 Å². The van der Waals surface area contributed by atoms with Crippen molar-refractivity contribution in [3.05, 3.63) is 29.8 Å². The van der Waals surface area contributed by atoms with Crippen molar-refractivity contribution in [1.29, 1.82) is 0 Å². The van der Waals surface area contributed by atoms with Gasteiger partial charge in [0.2, 0.25) is 0 Å². The zero-order valence-corrected chi connectivity index (χ0v) is 12.4. The summed E-state index contributed by atoms with van der Waals surface area (Å²) in [5.74, 6) is 0. The summed E-state index contributed by atoms with van der Waals surface area (Å²) in [6.45, 7) is 3.79. The summed E-state index contributed by atoms with van der Waals surface area (Å²) in [4.78, 5) is 2.22. The second-order valence-electron chi connectivity index (χ2n) is 4.76. The van der Waals surface area contributed by atoms with Crippen LogP contribution in [0.1, 0.15) is 18.1 Å². The number of nitrogens with zero attached hydrogens (tertiary/aromatic N) is 1. The lowest BCUT2D eigenvalue weighted by Crippen LogP contribution is -2.32. The monoisotopic (exact) mass is 282 g/mol. The van der Waals surface area contributed by atoms with E-state index in [0.29, 0.717) is 25.3 Å². The fourth-order valence-corrected chi connectivity index (χ4v) is 2.05. The third-order valence-electron chi connectivity index (χ3n) is 3.30. The molecule has 20 heavy (non-hydrogen) atoms. The Morgan fingerprint density at radius 3 is 2.25 bits per heavy atom. The molecule has 1 aromatic rings. The summed E-state index contributed by atoms with van der Waals surface area (Å²) in [7, 11) is 3.38. The summed E-state index contributed by atoms with van der Waals surface area (Å²) < 4.78 is 10.2. The van der Waals surface area contributed by atoms with Crippen LogP contribution in [-0.4, -0.2) is 57.1 Å². The summed E-state index contributed by atoms with van der Waals surface area (Å²) in [6.07, 6.45) is 0.102. The second kappa shape index (κ2) is 9.72. The van der Waals surface area contributed by atoms with Crippen LogP contribution in [0.5, 0.6) is 0 Å². The van der Waals surface area contributed by atoms with Gasteiger partial charge in [-0.05, 0) is 12.5 Å². The van der Waals surface area contributed by atoms with Crippen LogP contribution in [0.15, 0.2) is 24.3 Å². The van der Waals surface area contributed by atoms with Crippen molar-refractivity contribution < 1.29 is 14.6 Å². The van der Waals surface area contributed by atoms with Gasteiger partial charge in [-0.2, -0.15) is 0 Å². The third-order valence-corrected chi connectivity index (χ3v) is 3.30. The van der Waals surface area contributed by atoms with Crippen molar-refractivity contribution in [3.63, 3.8) is 0 Å². The predicted octanol–water partition coefficient (Wildman–Crippen LogP) is 1.29. The Labute approximate surface area is 121 Å². The van der Waals surface area contributed by atoms with Gasteiger partial charge in [-0.25, -0.2) is 0 Å². The SMILES string of the molecule is COCCN(CCOC)CCC(O)c1ccccc1N. The van der Waals surface area contributed by atoms with Crippen LogP contribution in [0.3, 0.4) is 0 Å². The summed E-state index contributed by atoms with van der Waals surface area (Å²) in [6, 6.07) is 7.44. The smallest absolute Gasteiger partial charge is 0.0822 e. The molecule has 0 heterocycles. The lowest BCUT2D eigenvalue weighted by molar-refractivity contribution is 0.0947. The van der Waals surface area contributed by atoms with E-state index >= 15 is 0 Å². The summed E-state index contributed by atoms with van der Waals surface area (Å²) >= 11 is 0. The van der Waals surface area contributed by atoms with Crippen LogP contribution in [-0.2, 0) is 9.47 Å². The van der Waals surface area contributed by atoms with Crippen molar-refractivity contribution >= 4 is 5.69 Å². The molecule has 0 spiro atoms. The van der Waals surface area contributed by atoms with E-state index in [2.05, 4.69) is 4.90 Å². The standard InChI is InChI=1S/C15H26N2O3/c1-19-11-9-17(10-12-20-2)8-7-15(18)13-5-3-4-6-14(13)16/h3-6,15,18H,7-12,16H2,1-2H3. The van der Waals surface area contributed by atoms with Gasteiger partial charge >= 0.3 is 0 Å². The van der Waals surface area contributed by atoms with E-state index in [0.717, 1.165) is 25.2 Å². The highest BCUT2D eigenvalue weighted by atomic mass is 16.5. The molecular weight excluding hydrogens is 256 g/mol. The van der Waals surface area contributed by atoms with E-state index in [1.54, 1.807) is 14.2 Å². The first-order chi connectivity index (χ1) is 9.69. The molecule has 5 nitrogen and oxygen atoms in total. The van der Waals surface area contributed by atoms with E-state index in [-0.39, 0.29) is 0 Å². The molecule has 0 saturated carbocycles. The molecule has 0 aliphatic heterocycles. The van der Waals surface area contributed by atoms with Crippen LogP contribution < -0.4 is 5.73 Å². The number of benzene rings is 1. The molecule has 1 aromatic carbocycles. The van der Waals surface area contributed by atoms with Gasteiger partial charge in [0, 0.05) is 45.1 Å².